The van der Waals surface area contributed by atoms with E-state index >= 15 is 4.79 Å². The van der Waals surface area contributed by atoms with E-state index in [4.69, 9.17) is 49.6 Å². The number of esters is 1. The van der Waals surface area contributed by atoms with Gasteiger partial charge in [-0.05, 0) is 103 Å². The standard InChI is InChI=1S/C39H45Cl2IN2O5SSi/c1-8-16-48-33-15-13-28(42)21-29(33)36-39(30-14-12-27(41)20-32(30)44(37(39)46)24-47-17-18-51(5,6)7)31(25-10-9-11-26(40)19-25)22-34(50)43(36)23-35(45)49-38(2,3)4/h8-15,19-21,31,36H,1,16-18,22-24H2,2-7H3/t31-,36+,39-/m0/s1. The van der Waals surface area contributed by atoms with Gasteiger partial charge in [-0.3, -0.25) is 14.5 Å². The number of rotatable bonds is 12. The van der Waals surface area contributed by atoms with Crippen LogP contribution in [-0.4, -0.2) is 61.9 Å². The average molecular weight is 880 g/mol. The minimum Gasteiger partial charge on any atom is -0.489 e. The molecule has 0 radical (unpaired) electrons. The van der Waals surface area contributed by atoms with Crippen LogP contribution in [0.4, 0.5) is 5.69 Å². The first kappa shape index (κ1) is 39.7. The van der Waals surface area contributed by atoms with Gasteiger partial charge in [0.1, 0.15) is 36.6 Å². The number of ether oxygens (including phenoxy) is 3. The number of hydrogen-bond acceptors (Lipinski definition) is 6. The molecule has 0 unspecified atom stereocenters. The quantitative estimate of drug-likeness (QED) is 0.0448. The van der Waals surface area contributed by atoms with Crippen LogP contribution in [0.3, 0.4) is 0 Å². The van der Waals surface area contributed by atoms with E-state index in [0.717, 1.165) is 20.7 Å². The molecule has 3 aromatic carbocycles. The van der Waals surface area contributed by atoms with Crippen molar-refractivity contribution in [1.29, 1.82) is 0 Å². The third kappa shape index (κ3) is 8.68. The number of nitrogens with zero attached hydrogens (tertiary/aromatic N) is 2. The average Bonchev–Trinajstić information content (AvgIpc) is 3.25. The Balaban J connectivity index is 1.82. The van der Waals surface area contributed by atoms with E-state index in [1.807, 2.05) is 86.3 Å². The molecule has 0 aromatic heterocycles. The molecule has 12 heteroatoms. The predicted octanol–water partition coefficient (Wildman–Crippen LogP) is 9.96. The summed E-state index contributed by atoms with van der Waals surface area (Å²) in [6.07, 6.45) is 1.97. The van der Waals surface area contributed by atoms with Crippen molar-refractivity contribution >= 4 is 88.6 Å². The number of halogens is 3. The number of carbonyl (C=O) groups is 2. The van der Waals surface area contributed by atoms with Crippen molar-refractivity contribution in [1.82, 2.24) is 4.90 Å². The summed E-state index contributed by atoms with van der Waals surface area (Å²) >= 11 is 21.8. The van der Waals surface area contributed by atoms with Crippen LogP contribution in [0.15, 0.2) is 73.3 Å². The smallest absolute Gasteiger partial charge is 0.326 e. The molecule has 2 aliphatic rings. The SMILES string of the molecule is C=CCOc1ccc(I)cc1[C@H]1N(CC(=O)OC(C)(C)C)C(=S)C[C@@H](c2cccc(Cl)c2)[C@]12C(=O)N(COCC[Si](C)(C)C)c1cc(Cl)ccc12. The highest BCUT2D eigenvalue weighted by Crippen LogP contribution is 2.62. The summed E-state index contributed by atoms with van der Waals surface area (Å²) in [6, 6.07) is 19.1. The van der Waals surface area contributed by atoms with E-state index in [9.17, 15) is 4.79 Å². The molecule has 2 heterocycles. The Morgan fingerprint density at radius 2 is 1.82 bits per heavy atom. The summed E-state index contributed by atoms with van der Waals surface area (Å²) in [4.78, 5) is 33.6. The van der Waals surface area contributed by atoms with E-state index in [0.29, 0.717) is 45.1 Å². The lowest BCUT2D eigenvalue weighted by atomic mass is 9.58. The van der Waals surface area contributed by atoms with Crippen molar-refractivity contribution in [2.75, 3.05) is 31.4 Å². The molecule has 3 aromatic rings. The van der Waals surface area contributed by atoms with Crippen LogP contribution in [0.1, 0.15) is 55.8 Å². The van der Waals surface area contributed by atoms with Gasteiger partial charge in [-0.1, -0.05) is 85.9 Å². The Morgan fingerprint density at radius 1 is 1.10 bits per heavy atom. The van der Waals surface area contributed by atoms with Crippen molar-refractivity contribution in [2.45, 2.75) is 75.9 Å². The van der Waals surface area contributed by atoms with E-state index in [1.54, 1.807) is 11.0 Å². The third-order valence-electron chi connectivity index (χ3n) is 9.10. The van der Waals surface area contributed by atoms with Gasteiger partial charge in [0.05, 0.1) is 16.7 Å². The fourth-order valence-electron chi connectivity index (χ4n) is 7.05. The van der Waals surface area contributed by atoms with Crippen molar-refractivity contribution < 1.29 is 23.8 Å². The van der Waals surface area contributed by atoms with Gasteiger partial charge in [0.25, 0.3) is 0 Å². The maximum absolute atomic E-state index is 15.8. The van der Waals surface area contributed by atoms with E-state index < -0.39 is 37.0 Å². The van der Waals surface area contributed by atoms with E-state index in [-0.39, 0.29) is 25.8 Å². The van der Waals surface area contributed by atoms with Gasteiger partial charge >= 0.3 is 5.97 Å². The topological polar surface area (TPSA) is 68.3 Å². The molecule has 7 nitrogen and oxygen atoms in total. The Labute approximate surface area is 331 Å². The van der Waals surface area contributed by atoms with Crippen LogP contribution in [-0.2, 0) is 24.5 Å². The maximum atomic E-state index is 15.8. The molecule has 1 spiro atoms. The van der Waals surface area contributed by atoms with Crippen molar-refractivity contribution in [3.63, 3.8) is 0 Å². The molecule has 0 bridgehead atoms. The highest BCUT2D eigenvalue weighted by molar-refractivity contribution is 14.1. The minimum absolute atomic E-state index is 0.0377. The molecule has 0 N–H and O–H groups in total. The molecule has 272 valence electrons. The van der Waals surface area contributed by atoms with Crippen molar-refractivity contribution in [2.24, 2.45) is 0 Å². The Kier molecular flexibility index (Phi) is 12.4. The van der Waals surface area contributed by atoms with Crippen LogP contribution in [0.5, 0.6) is 5.75 Å². The molecule has 3 atom stereocenters. The van der Waals surface area contributed by atoms with Crippen molar-refractivity contribution in [3.05, 3.63) is 104 Å². The lowest BCUT2D eigenvalue weighted by Crippen LogP contribution is -2.60. The Morgan fingerprint density at radius 3 is 2.49 bits per heavy atom. The molecule has 1 saturated heterocycles. The molecule has 1 fully saturated rings. The number of thiocarbonyl (C=S) groups is 1. The van der Waals surface area contributed by atoms with Gasteiger partial charge in [-0.25, -0.2) is 0 Å². The van der Waals surface area contributed by atoms with Gasteiger partial charge in [0.15, 0.2) is 0 Å². The lowest BCUT2D eigenvalue weighted by Gasteiger charge is -2.53. The van der Waals surface area contributed by atoms with E-state index in [2.05, 4.69) is 48.8 Å². The van der Waals surface area contributed by atoms with Gasteiger partial charge in [0, 0.05) is 46.2 Å². The highest BCUT2D eigenvalue weighted by Gasteiger charge is 2.65. The molecule has 1 amide bonds. The second-order valence-corrected chi connectivity index (χ2v) is 23.4. The van der Waals surface area contributed by atoms with Gasteiger partial charge in [-0.2, -0.15) is 0 Å². The molecular weight excluding hydrogens is 834 g/mol. The summed E-state index contributed by atoms with van der Waals surface area (Å²) in [5, 5.41) is 1.03. The van der Waals surface area contributed by atoms with Gasteiger partial charge in [-0.15, -0.1) is 0 Å². The molecule has 51 heavy (non-hydrogen) atoms. The fraction of sp³-hybridized carbons (Fsp3) is 0.410. The first-order chi connectivity index (χ1) is 24.0. The zero-order valence-corrected chi connectivity index (χ0v) is 35.4. The predicted molar refractivity (Wildman–Crippen MR) is 221 cm³/mol. The molecule has 5 rings (SSSR count). The highest BCUT2D eigenvalue weighted by atomic mass is 127. The first-order valence-corrected chi connectivity index (χ1v) is 22.9. The molecule has 2 aliphatic heterocycles. The summed E-state index contributed by atoms with van der Waals surface area (Å²) < 4.78 is 19.4. The lowest BCUT2D eigenvalue weighted by molar-refractivity contribution is -0.156. The number of piperidine rings is 1. The van der Waals surface area contributed by atoms with Crippen molar-refractivity contribution in [3.8, 4) is 5.75 Å². The van der Waals surface area contributed by atoms with Gasteiger partial charge in [0.2, 0.25) is 5.91 Å². The largest absolute Gasteiger partial charge is 0.489 e. The zero-order chi connectivity index (χ0) is 37.3. The zero-order valence-electron chi connectivity index (χ0n) is 29.9. The van der Waals surface area contributed by atoms with Crippen LogP contribution in [0, 0.1) is 3.57 Å². The number of amides is 1. The second kappa shape index (κ2) is 15.9. The second-order valence-electron chi connectivity index (χ2n) is 15.2. The first-order valence-electron chi connectivity index (χ1n) is 17.0. The molecular formula is C39H45Cl2IN2O5SSi. The number of anilines is 1. The minimum atomic E-state index is -1.41. The number of benzene rings is 3. The third-order valence-corrected chi connectivity index (χ3v) is 12.3. The summed E-state index contributed by atoms with van der Waals surface area (Å²) in [6.45, 7) is 16.8. The number of likely N-dealkylation sites (tertiary alicyclic amines) is 1. The maximum Gasteiger partial charge on any atom is 0.326 e. The normalized spacial score (nSPS) is 20.5. The summed E-state index contributed by atoms with van der Waals surface area (Å²) in [7, 11) is -1.41. The number of carbonyl (C=O) groups excluding carboxylic acids is 2. The number of fused-ring (bicyclic) bond motifs is 2. The Hall–Kier alpha value is -2.48. The molecule has 0 saturated carbocycles. The fourth-order valence-corrected chi connectivity index (χ4v) is 9.02. The van der Waals surface area contributed by atoms with Crippen LogP contribution >= 0.6 is 58.0 Å². The summed E-state index contributed by atoms with van der Waals surface area (Å²) in [5.74, 6) is -0.587. The molecule has 0 aliphatic carbocycles. The Bertz CT molecular complexity index is 1830. The summed E-state index contributed by atoms with van der Waals surface area (Å²) in [5.41, 5.74) is 0.891. The monoisotopic (exact) mass is 878 g/mol. The van der Waals surface area contributed by atoms with Crippen LogP contribution in [0.25, 0.3) is 0 Å². The van der Waals surface area contributed by atoms with Crippen LogP contribution < -0.4 is 9.64 Å². The van der Waals surface area contributed by atoms with Gasteiger partial charge < -0.3 is 19.1 Å². The number of hydrogen-bond donors (Lipinski definition) is 0. The van der Waals surface area contributed by atoms with Crippen LogP contribution in [0.2, 0.25) is 35.7 Å². The van der Waals surface area contributed by atoms with E-state index in [1.165, 1.54) is 0 Å².